The number of hydrogen-bond acceptors (Lipinski definition) is 5. The first-order chi connectivity index (χ1) is 14.5. The van der Waals surface area contributed by atoms with Crippen LogP contribution in [0, 0.1) is 0 Å². The van der Waals surface area contributed by atoms with Crippen molar-refractivity contribution < 1.29 is 23.9 Å². The summed E-state index contributed by atoms with van der Waals surface area (Å²) in [7, 11) is 0. The van der Waals surface area contributed by atoms with E-state index in [4.69, 9.17) is 4.74 Å². The van der Waals surface area contributed by atoms with Crippen LogP contribution in [0.25, 0.3) is 0 Å². The average Bonchev–Trinajstić information content (AvgIpc) is 3.60. The summed E-state index contributed by atoms with van der Waals surface area (Å²) in [6.07, 6.45) is 2.09. The SMILES string of the molecule is O=C(NC1CC1)C(=O)N1CCN(C(=O)CCC(=O)N2CCOc3ccccc32)CC1. The number of fused-ring (bicyclic) bond motifs is 1. The Labute approximate surface area is 174 Å². The summed E-state index contributed by atoms with van der Waals surface area (Å²) in [6, 6.07) is 7.51. The van der Waals surface area contributed by atoms with E-state index in [2.05, 4.69) is 5.32 Å². The van der Waals surface area contributed by atoms with Gasteiger partial charge in [-0.1, -0.05) is 12.1 Å². The van der Waals surface area contributed by atoms with Crippen molar-refractivity contribution in [2.75, 3.05) is 44.2 Å². The number of ether oxygens (including phenoxy) is 1. The maximum absolute atomic E-state index is 12.7. The topological polar surface area (TPSA) is 99.3 Å². The second-order valence-electron chi connectivity index (χ2n) is 7.78. The summed E-state index contributed by atoms with van der Waals surface area (Å²) in [5, 5.41) is 2.69. The molecule has 1 N–H and O–H groups in total. The molecule has 9 nitrogen and oxygen atoms in total. The first kappa shape index (κ1) is 20.2. The second kappa shape index (κ2) is 8.73. The molecule has 2 fully saturated rings. The number of carbonyl (C=O) groups excluding carboxylic acids is 4. The third-order valence-corrected chi connectivity index (χ3v) is 5.61. The summed E-state index contributed by atoms with van der Waals surface area (Å²) in [5.41, 5.74) is 0.734. The number of benzene rings is 1. The zero-order valence-corrected chi connectivity index (χ0v) is 16.8. The molecule has 30 heavy (non-hydrogen) atoms. The molecule has 4 amide bonds. The second-order valence-corrected chi connectivity index (χ2v) is 7.78. The molecule has 0 unspecified atom stereocenters. The summed E-state index contributed by atoms with van der Waals surface area (Å²) < 4.78 is 5.57. The molecule has 1 saturated carbocycles. The van der Waals surface area contributed by atoms with Crippen LogP contribution in [0.4, 0.5) is 5.69 Å². The van der Waals surface area contributed by atoms with Gasteiger partial charge in [0.15, 0.2) is 0 Å². The van der Waals surface area contributed by atoms with E-state index in [1.165, 1.54) is 4.90 Å². The van der Waals surface area contributed by atoms with Crippen molar-refractivity contribution in [3.05, 3.63) is 24.3 Å². The molecule has 9 heteroatoms. The quantitative estimate of drug-likeness (QED) is 0.707. The number of nitrogens with zero attached hydrogens (tertiary/aromatic N) is 3. The van der Waals surface area contributed by atoms with Crippen LogP contribution in [0.3, 0.4) is 0 Å². The van der Waals surface area contributed by atoms with Gasteiger partial charge in [0.05, 0.1) is 12.2 Å². The molecule has 1 aliphatic carbocycles. The lowest BCUT2D eigenvalue weighted by molar-refractivity contribution is -0.148. The molecule has 1 saturated heterocycles. The van der Waals surface area contributed by atoms with Gasteiger partial charge in [0, 0.05) is 45.1 Å². The first-order valence-corrected chi connectivity index (χ1v) is 10.4. The fourth-order valence-corrected chi connectivity index (χ4v) is 3.71. The van der Waals surface area contributed by atoms with E-state index < -0.39 is 11.8 Å². The fourth-order valence-electron chi connectivity index (χ4n) is 3.71. The van der Waals surface area contributed by atoms with Gasteiger partial charge in [0.25, 0.3) is 0 Å². The molecular weight excluding hydrogens is 388 g/mol. The van der Waals surface area contributed by atoms with Crippen molar-refractivity contribution in [2.24, 2.45) is 0 Å². The van der Waals surface area contributed by atoms with Gasteiger partial charge in [-0.15, -0.1) is 0 Å². The highest BCUT2D eigenvalue weighted by Gasteiger charge is 2.32. The largest absolute Gasteiger partial charge is 0.490 e. The van der Waals surface area contributed by atoms with Gasteiger partial charge in [-0.05, 0) is 25.0 Å². The molecule has 2 aliphatic heterocycles. The van der Waals surface area contributed by atoms with E-state index in [9.17, 15) is 19.2 Å². The third-order valence-electron chi connectivity index (χ3n) is 5.61. The molecule has 4 rings (SSSR count). The smallest absolute Gasteiger partial charge is 0.312 e. The molecule has 0 radical (unpaired) electrons. The zero-order chi connectivity index (χ0) is 21.1. The normalized spacial score (nSPS) is 18.3. The Morgan fingerprint density at radius 2 is 1.57 bits per heavy atom. The minimum atomic E-state index is -0.561. The van der Waals surface area contributed by atoms with Gasteiger partial charge in [0.1, 0.15) is 12.4 Å². The number of rotatable bonds is 4. The van der Waals surface area contributed by atoms with Gasteiger partial charge in [0.2, 0.25) is 11.8 Å². The van der Waals surface area contributed by atoms with Crippen LogP contribution in [0.5, 0.6) is 5.75 Å². The summed E-state index contributed by atoms with van der Waals surface area (Å²) in [4.78, 5) is 54.1. The number of para-hydroxylation sites is 2. The minimum Gasteiger partial charge on any atom is -0.490 e. The summed E-state index contributed by atoms with van der Waals surface area (Å²) in [6.45, 7) is 2.29. The summed E-state index contributed by atoms with van der Waals surface area (Å²) >= 11 is 0. The number of carbonyl (C=O) groups is 4. The van der Waals surface area contributed by atoms with Gasteiger partial charge in [-0.25, -0.2) is 0 Å². The van der Waals surface area contributed by atoms with Gasteiger partial charge >= 0.3 is 11.8 Å². The van der Waals surface area contributed by atoms with Gasteiger partial charge < -0.3 is 24.8 Å². The van der Waals surface area contributed by atoms with Gasteiger partial charge in [-0.3, -0.25) is 19.2 Å². The first-order valence-electron chi connectivity index (χ1n) is 10.4. The highest BCUT2D eigenvalue weighted by Crippen LogP contribution is 2.31. The zero-order valence-electron chi connectivity index (χ0n) is 16.8. The molecular formula is C21H26N4O5. The Hall–Kier alpha value is -3.10. The van der Waals surface area contributed by atoms with Crippen LogP contribution in [-0.2, 0) is 19.2 Å². The van der Waals surface area contributed by atoms with Gasteiger partial charge in [-0.2, -0.15) is 0 Å². The molecule has 0 spiro atoms. The number of anilines is 1. The molecule has 0 atom stereocenters. The summed E-state index contributed by atoms with van der Waals surface area (Å²) in [5.74, 6) is -0.636. The highest BCUT2D eigenvalue weighted by atomic mass is 16.5. The monoisotopic (exact) mass is 414 g/mol. The Morgan fingerprint density at radius 1 is 0.900 bits per heavy atom. The number of piperazine rings is 1. The lowest BCUT2D eigenvalue weighted by Crippen LogP contribution is -2.54. The molecule has 0 aromatic heterocycles. The average molecular weight is 414 g/mol. The highest BCUT2D eigenvalue weighted by molar-refractivity contribution is 6.35. The van der Waals surface area contributed by atoms with Crippen molar-refractivity contribution >= 4 is 29.3 Å². The molecule has 1 aromatic rings. The predicted octanol–water partition coefficient (Wildman–Crippen LogP) is 0.142. The van der Waals surface area contributed by atoms with E-state index in [0.717, 1.165) is 18.5 Å². The molecule has 3 aliphatic rings. The van der Waals surface area contributed by atoms with Crippen molar-refractivity contribution in [2.45, 2.75) is 31.7 Å². The number of amides is 4. The van der Waals surface area contributed by atoms with Crippen LogP contribution >= 0.6 is 0 Å². The van der Waals surface area contributed by atoms with E-state index in [0.29, 0.717) is 45.1 Å². The van der Waals surface area contributed by atoms with Crippen LogP contribution in [-0.4, -0.2) is 78.8 Å². The fraction of sp³-hybridized carbons (Fsp3) is 0.524. The van der Waals surface area contributed by atoms with E-state index in [1.807, 2.05) is 24.3 Å². The Balaban J connectivity index is 1.23. The van der Waals surface area contributed by atoms with Crippen molar-refractivity contribution in [3.63, 3.8) is 0 Å². The van der Waals surface area contributed by atoms with Crippen molar-refractivity contribution in [3.8, 4) is 5.75 Å². The molecule has 2 heterocycles. The van der Waals surface area contributed by atoms with Crippen LogP contribution < -0.4 is 15.0 Å². The molecule has 0 bridgehead atoms. The van der Waals surface area contributed by atoms with Crippen molar-refractivity contribution in [1.29, 1.82) is 0 Å². The standard InChI is InChI=1S/C21H26N4O5/c26-18(7-8-19(27)25-13-14-30-17-4-2-1-3-16(17)25)23-9-11-24(12-10-23)21(29)20(28)22-15-5-6-15/h1-4,15H,5-14H2,(H,22,28). The molecule has 1 aromatic carbocycles. The van der Waals surface area contributed by atoms with Crippen LogP contribution in [0.1, 0.15) is 25.7 Å². The Morgan fingerprint density at radius 3 is 2.30 bits per heavy atom. The van der Waals surface area contributed by atoms with Crippen LogP contribution in [0.2, 0.25) is 0 Å². The number of hydrogen-bond donors (Lipinski definition) is 1. The van der Waals surface area contributed by atoms with E-state index >= 15 is 0 Å². The number of nitrogens with one attached hydrogen (secondary N) is 1. The van der Waals surface area contributed by atoms with E-state index in [1.54, 1.807) is 9.80 Å². The predicted molar refractivity (Wildman–Crippen MR) is 108 cm³/mol. The third kappa shape index (κ3) is 4.55. The minimum absolute atomic E-state index is 0.107. The van der Waals surface area contributed by atoms with E-state index in [-0.39, 0.29) is 30.7 Å². The maximum atomic E-state index is 12.7. The Kier molecular flexibility index (Phi) is 5.87. The Bertz CT molecular complexity index is 846. The lowest BCUT2D eigenvalue weighted by atomic mass is 10.2. The van der Waals surface area contributed by atoms with Crippen LogP contribution in [0.15, 0.2) is 24.3 Å². The lowest BCUT2D eigenvalue weighted by Gasteiger charge is -2.34. The molecule has 160 valence electrons. The van der Waals surface area contributed by atoms with Crippen molar-refractivity contribution in [1.82, 2.24) is 15.1 Å². The maximum Gasteiger partial charge on any atom is 0.312 e.